The highest BCUT2D eigenvalue weighted by Gasteiger charge is 2.47. The number of carbonyl (C=O) groups is 1. The number of para-hydroxylation sites is 2. The molecule has 2 aromatic carbocycles. The first-order valence-electron chi connectivity index (χ1n) is 12.5. The second kappa shape index (κ2) is 10.6. The van der Waals surface area contributed by atoms with Gasteiger partial charge in [0.25, 0.3) is 5.91 Å². The van der Waals surface area contributed by atoms with Crippen molar-refractivity contribution in [2.24, 2.45) is 0 Å². The second-order valence-electron chi connectivity index (χ2n) is 9.41. The topological polar surface area (TPSA) is 81.1 Å². The highest BCUT2D eigenvalue weighted by Crippen LogP contribution is 2.45. The Balaban J connectivity index is 1.39. The van der Waals surface area contributed by atoms with Gasteiger partial charge in [-0.2, -0.15) is 18.3 Å². The van der Waals surface area contributed by atoms with Gasteiger partial charge >= 0.3 is 6.18 Å². The number of fused-ring (bicyclic) bond motifs is 1. The number of aromatic nitrogens is 2. The minimum atomic E-state index is -4.56. The summed E-state index contributed by atoms with van der Waals surface area (Å²) in [7, 11) is 4.56. The quantitative estimate of drug-likeness (QED) is 0.488. The smallest absolute Gasteiger partial charge is 0.410 e. The van der Waals surface area contributed by atoms with Crippen LogP contribution in [0.5, 0.6) is 17.2 Å². The average molecular weight is 546 g/mol. The number of nitrogens with one attached hydrogen (secondary N) is 1. The summed E-state index contributed by atoms with van der Waals surface area (Å²) >= 11 is 0. The fourth-order valence-corrected chi connectivity index (χ4v) is 5.22. The first kappa shape index (κ1) is 26.5. The summed E-state index contributed by atoms with van der Waals surface area (Å²) in [6.45, 7) is 1.93. The molecular weight excluding hydrogens is 515 g/mol. The van der Waals surface area contributed by atoms with Crippen LogP contribution in [-0.4, -0.2) is 74.3 Å². The molecule has 2 aliphatic heterocycles. The summed E-state index contributed by atoms with van der Waals surface area (Å²) in [6, 6.07) is 10.0. The lowest BCUT2D eigenvalue weighted by molar-refractivity contribution is -0.173. The predicted molar refractivity (Wildman–Crippen MR) is 139 cm³/mol. The van der Waals surface area contributed by atoms with E-state index in [9.17, 15) is 18.0 Å². The van der Waals surface area contributed by atoms with Crippen LogP contribution < -0.4 is 24.4 Å². The second-order valence-corrected chi connectivity index (χ2v) is 9.41. The molecule has 3 aromatic rings. The minimum absolute atomic E-state index is 0.0560. The summed E-state index contributed by atoms with van der Waals surface area (Å²) in [5.41, 5.74) is 1.63. The maximum Gasteiger partial charge on any atom is 0.410 e. The van der Waals surface area contributed by atoms with E-state index in [0.717, 1.165) is 16.1 Å². The number of methoxy groups -OCH3 is 3. The molecule has 0 bridgehead atoms. The third kappa shape index (κ3) is 5.02. The molecule has 1 N–H and O–H groups in total. The van der Waals surface area contributed by atoms with E-state index in [1.54, 1.807) is 30.2 Å². The summed E-state index contributed by atoms with van der Waals surface area (Å²) in [5.74, 6) is 1.31. The van der Waals surface area contributed by atoms with Gasteiger partial charge in [-0.1, -0.05) is 18.2 Å². The molecule has 2 atom stereocenters. The monoisotopic (exact) mass is 545 g/mol. The van der Waals surface area contributed by atoms with Crippen molar-refractivity contribution >= 4 is 17.4 Å². The number of halogens is 3. The number of piperazine rings is 1. The first-order chi connectivity index (χ1) is 18.7. The van der Waals surface area contributed by atoms with Crippen LogP contribution in [-0.2, 0) is 0 Å². The van der Waals surface area contributed by atoms with E-state index >= 15 is 0 Å². The Bertz CT molecular complexity index is 1340. The maximum atomic E-state index is 14.2. The molecule has 1 aromatic heterocycles. The molecule has 0 unspecified atom stereocenters. The van der Waals surface area contributed by atoms with Gasteiger partial charge < -0.3 is 29.3 Å². The van der Waals surface area contributed by atoms with Crippen molar-refractivity contribution in [3.63, 3.8) is 0 Å². The van der Waals surface area contributed by atoms with Crippen LogP contribution in [0.1, 0.15) is 34.4 Å². The van der Waals surface area contributed by atoms with E-state index in [1.807, 2.05) is 24.3 Å². The molecule has 12 heteroatoms. The number of hydrogen-bond acceptors (Lipinski definition) is 7. The van der Waals surface area contributed by atoms with Gasteiger partial charge in [0.05, 0.1) is 39.3 Å². The number of amides is 1. The maximum absolute atomic E-state index is 14.2. The zero-order valence-electron chi connectivity index (χ0n) is 21.9. The van der Waals surface area contributed by atoms with E-state index in [2.05, 4.69) is 15.3 Å². The molecule has 5 rings (SSSR count). The molecule has 1 saturated heterocycles. The Hall–Kier alpha value is -4.09. The number of alkyl halides is 3. The van der Waals surface area contributed by atoms with Gasteiger partial charge in [-0.05, 0) is 29.8 Å². The standard InChI is InChI=1S/C27H30F3N5O4/c1-37-21-7-5-4-6-20(21)33-10-12-34(13-11-33)26(36)18-16-31-35-24(27(28,29)30)15-19(32-25(18)35)17-8-9-22(38-2)23(14-17)39-3/h4-9,14,16,19,24,32H,10-13,15H2,1-3H3/t19-,24-/m0/s1. The lowest BCUT2D eigenvalue weighted by Crippen LogP contribution is -2.49. The van der Waals surface area contributed by atoms with Crippen molar-refractivity contribution in [1.82, 2.24) is 14.7 Å². The molecule has 2 aliphatic rings. The Morgan fingerprint density at radius 2 is 1.64 bits per heavy atom. The Morgan fingerprint density at radius 1 is 0.949 bits per heavy atom. The van der Waals surface area contributed by atoms with Crippen molar-refractivity contribution in [2.75, 3.05) is 57.7 Å². The number of rotatable bonds is 6. The van der Waals surface area contributed by atoms with E-state index in [-0.39, 0.29) is 23.7 Å². The summed E-state index contributed by atoms with van der Waals surface area (Å²) in [5, 5.41) is 7.16. The van der Waals surface area contributed by atoms with Gasteiger partial charge in [0, 0.05) is 32.6 Å². The molecule has 0 saturated carbocycles. The molecule has 0 aliphatic carbocycles. The van der Waals surface area contributed by atoms with Crippen molar-refractivity contribution in [3.8, 4) is 17.2 Å². The van der Waals surface area contributed by atoms with E-state index < -0.39 is 18.3 Å². The zero-order chi connectivity index (χ0) is 27.7. The molecule has 1 fully saturated rings. The molecule has 3 heterocycles. The van der Waals surface area contributed by atoms with Gasteiger partial charge in [0.2, 0.25) is 0 Å². The normalized spacial score (nSPS) is 19.2. The highest BCUT2D eigenvalue weighted by molar-refractivity contribution is 5.99. The fraction of sp³-hybridized carbons (Fsp3) is 0.407. The van der Waals surface area contributed by atoms with E-state index in [0.29, 0.717) is 43.2 Å². The number of nitrogens with zero attached hydrogens (tertiary/aromatic N) is 4. The SMILES string of the molecule is COc1ccc([C@@H]2C[C@@H](C(F)(F)F)n3ncc(C(=O)N4CCN(c5ccccc5OC)CC4)c3N2)cc1OC. The lowest BCUT2D eigenvalue weighted by Gasteiger charge is -2.37. The van der Waals surface area contributed by atoms with Crippen LogP contribution >= 0.6 is 0 Å². The molecular formula is C27H30F3N5O4. The number of benzene rings is 2. The van der Waals surface area contributed by atoms with Gasteiger partial charge in [-0.3, -0.25) is 4.79 Å². The molecule has 208 valence electrons. The van der Waals surface area contributed by atoms with Crippen LogP contribution in [0.4, 0.5) is 24.7 Å². The first-order valence-corrected chi connectivity index (χ1v) is 12.5. The summed E-state index contributed by atoms with van der Waals surface area (Å²) in [6.07, 6.45) is -3.62. The average Bonchev–Trinajstić information content (AvgIpc) is 3.39. The molecule has 0 radical (unpaired) electrons. The van der Waals surface area contributed by atoms with Gasteiger partial charge in [0.15, 0.2) is 17.5 Å². The zero-order valence-corrected chi connectivity index (χ0v) is 21.9. The van der Waals surface area contributed by atoms with Crippen LogP contribution in [0, 0.1) is 0 Å². The van der Waals surface area contributed by atoms with Gasteiger partial charge in [-0.15, -0.1) is 0 Å². The number of ether oxygens (including phenoxy) is 3. The van der Waals surface area contributed by atoms with E-state index in [4.69, 9.17) is 14.2 Å². The predicted octanol–water partition coefficient (Wildman–Crippen LogP) is 4.53. The summed E-state index contributed by atoms with van der Waals surface area (Å²) in [4.78, 5) is 17.3. The third-order valence-electron chi connectivity index (χ3n) is 7.27. The Kier molecular flexibility index (Phi) is 7.19. The molecule has 9 nitrogen and oxygen atoms in total. The van der Waals surface area contributed by atoms with Crippen molar-refractivity contribution < 1.29 is 32.2 Å². The van der Waals surface area contributed by atoms with Crippen molar-refractivity contribution in [3.05, 3.63) is 59.8 Å². The highest BCUT2D eigenvalue weighted by atomic mass is 19.4. The Labute approximate surface area is 224 Å². The van der Waals surface area contributed by atoms with Crippen LogP contribution in [0.3, 0.4) is 0 Å². The minimum Gasteiger partial charge on any atom is -0.495 e. The number of hydrogen-bond donors (Lipinski definition) is 1. The van der Waals surface area contributed by atoms with Gasteiger partial charge in [0.1, 0.15) is 17.1 Å². The van der Waals surface area contributed by atoms with Gasteiger partial charge in [-0.25, -0.2) is 4.68 Å². The summed E-state index contributed by atoms with van der Waals surface area (Å²) < 4.78 is 59.4. The van der Waals surface area contributed by atoms with Crippen molar-refractivity contribution in [2.45, 2.75) is 24.7 Å². The van der Waals surface area contributed by atoms with E-state index in [1.165, 1.54) is 20.4 Å². The Morgan fingerprint density at radius 3 is 2.31 bits per heavy atom. The molecule has 39 heavy (non-hydrogen) atoms. The number of anilines is 2. The lowest BCUT2D eigenvalue weighted by atomic mass is 9.96. The van der Waals surface area contributed by atoms with Crippen LogP contribution in [0.15, 0.2) is 48.7 Å². The van der Waals surface area contributed by atoms with Crippen molar-refractivity contribution in [1.29, 1.82) is 0 Å². The number of carbonyl (C=O) groups excluding carboxylic acids is 1. The fourth-order valence-electron chi connectivity index (χ4n) is 5.22. The van der Waals surface area contributed by atoms with Crippen LogP contribution in [0.25, 0.3) is 0 Å². The molecule has 1 amide bonds. The van der Waals surface area contributed by atoms with Crippen LogP contribution in [0.2, 0.25) is 0 Å². The largest absolute Gasteiger partial charge is 0.495 e. The third-order valence-corrected chi connectivity index (χ3v) is 7.27. The molecule has 0 spiro atoms.